The summed E-state index contributed by atoms with van der Waals surface area (Å²) in [5.74, 6) is 1.41. The van der Waals surface area contributed by atoms with Crippen molar-refractivity contribution in [3.63, 3.8) is 0 Å². The molecule has 3 rings (SSSR count). The molecule has 2 aromatic carbocycles. The maximum atomic E-state index is 12.9. The summed E-state index contributed by atoms with van der Waals surface area (Å²) in [6.07, 6.45) is 3.94. The van der Waals surface area contributed by atoms with Gasteiger partial charge >= 0.3 is 0 Å². The molecule has 32 heavy (non-hydrogen) atoms. The van der Waals surface area contributed by atoms with Crippen molar-refractivity contribution in [1.82, 2.24) is 10.2 Å². The molecule has 1 N–H and O–H groups in total. The number of benzene rings is 2. The van der Waals surface area contributed by atoms with Gasteiger partial charge in [-0.2, -0.15) is 0 Å². The van der Waals surface area contributed by atoms with Gasteiger partial charge in [-0.15, -0.1) is 0 Å². The third-order valence-electron chi connectivity index (χ3n) is 5.50. The molecular weight excluding hydrogens is 404 g/mol. The highest BCUT2D eigenvalue weighted by Crippen LogP contribution is 2.39. The molecule has 0 aliphatic carbocycles. The summed E-state index contributed by atoms with van der Waals surface area (Å²) < 4.78 is 17.2. The zero-order chi connectivity index (χ0) is 22.8. The van der Waals surface area contributed by atoms with E-state index in [1.165, 1.54) is 37.9 Å². The number of carbonyl (C=O) groups is 1. The SMILES string of the molecule is CCOc1cc(C(=O)NCc2ccc(CN3CCCCC3)cc2)cc(OCC)c1OCC. The number of rotatable bonds is 11. The standard InChI is InChI=1S/C26H36N2O4/c1-4-30-23-16-22(17-24(31-5-2)25(23)32-6-3)26(29)27-18-20-10-12-21(13-11-20)19-28-14-8-7-9-15-28/h10-13,16-17H,4-9,14-15,18-19H2,1-3H3,(H,27,29). The summed E-state index contributed by atoms with van der Waals surface area (Å²) in [7, 11) is 0. The van der Waals surface area contributed by atoms with Crippen LogP contribution in [0, 0.1) is 0 Å². The van der Waals surface area contributed by atoms with Gasteiger partial charge in [0.2, 0.25) is 5.75 Å². The summed E-state index contributed by atoms with van der Waals surface area (Å²) in [5.41, 5.74) is 2.88. The van der Waals surface area contributed by atoms with E-state index in [4.69, 9.17) is 14.2 Å². The van der Waals surface area contributed by atoms with Crippen molar-refractivity contribution in [1.29, 1.82) is 0 Å². The van der Waals surface area contributed by atoms with Gasteiger partial charge in [0.15, 0.2) is 11.5 Å². The van der Waals surface area contributed by atoms with Gasteiger partial charge in [0.25, 0.3) is 5.91 Å². The molecule has 1 aliphatic rings. The van der Waals surface area contributed by atoms with Gasteiger partial charge in [-0.3, -0.25) is 9.69 Å². The molecule has 1 fully saturated rings. The minimum Gasteiger partial charge on any atom is -0.490 e. The summed E-state index contributed by atoms with van der Waals surface area (Å²) >= 11 is 0. The lowest BCUT2D eigenvalue weighted by atomic mass is 10.1. The number of ether oxygens (including phenoxy) is 3. The first-order valence-corrected chi connectivity index (χ1v) is 11.8. The van der Waals surface area contributed by atoms with E-state index in [0.717, 1.165) is 12.1 Å². The van der Waals surface area contributed by atoms with Crippen LogP contribution in [0.2, 0.25) is 0 Å². The fourth-order valence-electron chi connectivity index (χ4n) is 3.94. The molecule has 0 radical (unpaired) electrons. The van der Waals surface area contributed by atoms with Crippen LogP contribution in [-0.4, -0.2) is 43.7 Å². The number of nitrogens with zero attached hydrogens (tertiary/aromatic N) is 1. The van der Waals surface area contributed by atoms with E-state index >= 15 is 0 Å². The molecule has 0 atom stereocenters. The van der Waals surface area contributed by atoms with Gasteiger partial charge in [0.1, 0.15) is 0 Å². The van der Waals surface area contributed by atoms with E-state index in [1.807, 2.05) is 20.8 Å². The van der Waals surface area contributed by atoms with Crippen molar-refractivity contribution >= 4 is 5.91 Å². The predicted molar refractivity (Wildman–Crippen MR) is 127 cm³/mol. The lowest BCUT2D eigenvalue weighted by Gasteiger charge is -2.26. The van der Waals surface area contributed by atoms with E-state index in [9.17, 15) is 4.79 Å². The van der Waals surface area contributed by atoms with Crippen LogP contribution in [0.5, 0.6) is 17.2 Å². The molecular formula is C26H36N2O4. The number of amides is 1. The highest BCUT2D eigenvalue weighted by molar-refractivity contribution is 5.95. The average Bonchev–Trinajstić information content (AvgIpc) is 2.81. The Morgan fingerprint density at radius 1 is 0.844 bits per heavy atom. The van der Waals surface area contributed by atoms with E-state index in [0.29, 0.717) is 49.2 Å². The summed E-state index contributed by atoms with van der Waals surface area (Å²) in [4.78, 5) is 15.4. The molecule has 6 heteroatoms. The van der Waals surface area contributed by atoms with Gasteiger partial charge in [0.05, 0.1) is 19.8 Å². The predicted octanol–water partition coefficient (Wildman–Crippen LogP) is 4.80. The van der Waals surface area contributed by atoms with Crippen LogP contribution in [0.3, 0.4) is 0 Å². The number of hydrogen-bond donors (Lipinski definition) is 1. The Kier molecular flexibility index (Phi) is 9.23. The summed E-state index contributed by atoms with van der Waals surface area (Å²) in [6.45, 7) is 11.0. The fourth-order valence-corrected chi connectivity index (χ4v) is 3.94. The zero-order valence-electron chi connectivity index (χ0n) is 19.6. The topological polar surface area (TPSA) is 60.0 Å². The number of piperidine rings is 1. The Morgan fingerprint density at radius 2 is 1.41 bits per heavy atom. The molecule has 0 saturated carbocycles. The maximum absolute atomic E-state index is 12.9. The molecule has 1 saturated heterocycles. The third-order valence-corrected chi connectivity index (χ3v) is 5.50. The quantitative estimate of drug-likeness (QED) is 0.544. The molecule has 6 nitrogen and oxygen atoms in total. The number of nitrogens with one attached hydrogen (secondary N) is 1. The first-order chi connectivity index (χ1) is 15.6. The summed E-state index contributed by atoms with van der Waals surface area (Å²) in [6, 6.07) is 11.9. The normalized spacial score (nSPS) is 14.1. The number of hydrogen-bond acceptors (Lipinski definition) is 5. The van der Waals surface area contributed by atoms with Crippen LogP contribution in [0.1, 0.15) is 61.5 Å². The Morgan fingerprint density at radius 3 is 1.97 bits per heavy atom. The van der Waals surface area contributed by atoms with Gasteiger partial charge in [-0.1, -0.05) is 30.7 Å². The fraction of sp³-hybridized carbons (Fsp3) is 0.500. The second kappa shape index (κ2) is 12.3. The molecule has 0 unspecified atom stereocenters. The lowest BCUT2D eigenvalue weighted by Crippen LogP contribution is -2.29. The van der Waals surface area contributed by atoms with Crippen LogP contribution in [0.4, 0.5) is 0 Å². The van der Waals surface area contributed by atoms with Gasteiger partial charge in [-0.05, 0) is 70.0 Å². The van der Waals surface area contributed by atoms with E-state index in [-0.39, 0.29) is 5.91 Å². The van der Waals surface area contributed by atoms with Gasteiger partial charge < -0.3 is 19.5 Å². The molecule has 0 bridgehead atoms. The smallest absolute Gasteiger partial charge is 0.251 e. The second-order valence-corrected chi connectivity index (χ2v) is 7.94. The van der Waals surface area contributed by atoms with Crippen molar-refractivity contribution in [3.8, 4) is 17.2 Å². The minimum absolute atomic E-state index is 0.174. The van der Waals surface area contributed by atoms with Crippen molar-refractivity contribution in [2.45, 2.75) is 53.1 Å². The molecule has 0 aromatic heterocycles. The second-order valence-electron chi connectivity index (χ2n) is 7.94. The molecule has 2 aromatic rings. The largest absolute Gasteiger partial charge is 0.490 e. The Balaban J connectivity index is 1.64. The highest BCUT2D eigenvalue weighted by Gasteiger charge is 2.18. The highest BCUT2D eigenvalue weighted by atomic mass is 16.5. The molecule has 1 heterocycles. The maximum Gasteiger partial charge on any atom is 0.251 e. The number of carbonyl (C=O) groups excluding carboxylic acids is 1. The first kappa shape index (κ1) is 23.9. The van der Waals surface area contributed by atoms with Crippen molar-refractivity contribution < 1.29 is 19.0 Å². The minimum atomic E-state index is -0.174. The van der Waals surface area contributed by atoms with Crippen molar-refractivity contribution in [3.05, 3.63) is 53.1 Å². The molecule has 0 spiro atoms. The van der Waals surface area contributed by atoms with Crippen LogP contribution in [0.25, 0.3) is 0 Å². The Hall–Kier alpha value is -2.73. The van der Waals surface area contributed by atoms with Gasteiger partial charge in [-0.25, -0.2) is 0 Å². The Labute approximate surface area is 191 Å². The number of likely N-dealkylation sites (tertiary alicyclic amines) is 1. The van der Waals surface area contributed by atoms with Gasteiger partial charge in [0, 0.05) is 18.7 Å². The average molecular weight is 441 g/mol. The van der Waals surface area contributed by atoms with Crippen LogP contribution < -0.4 is 19.5 Å². The van der Waals surface area contributed by atoms with Crippen LogP contribution >= 0.6 is 0 Å². The van der Waals surface area contributed by atoms with Crippen LogP contribution in [0.15, 0.2) is 36.4 Å². The van der Waals surface area contributed by atoms with E-state index in [2.05, 4.69) is 34.5 Å². The monoisotopic (exact) mass is 440 g/mol. The molecule has 1 amide bonds. The van der Waals surface area contributed by atoms with Crippen molar-refractivity contribution in [2.75, 3.05) is 32.9 Å². The lowest BCUT2D eigenvalue weighted by molar-refractivity contribution is 0.0949. The molecule has 1 aliphatic heterocycles. The summed E-state index contributed by atoms with van der Waals surface area (Å²) in [5, 5.41) is 3.00. The van der Waals surface area contributed by atoms with Crippen molar-refractivity contribution in [2.24, 2.45) is 0 Å². The Bertz CT molecular complexity index is 834. The first-order valence-electron chi connectivity index (χ1n) is 11.8. The molecule has 174 valence electrons. The van der Waals surface area contributed by atoms with Crippen LogP contribution in [-0.2, 0) is 13.1 Å². The zero-order valence-corrected chi connectivity index (χ0v) is 19.6. The van der Waals surface area contributed by atoms with E-state index in [1.54, 1.807) is 12.1 Å². The third kappa shape index (κ3) is 6.63. The van der Waals surface area contributed by atoms with E-state index < -0.39 is 0 Å².